The van der Waals surface area contributed by atoms with Crippen molar-refractivity contribution in [3.63, 3.8) is 0 Å². The molecule has 1 aromatic heterocycles. The molecule has 104 valence electrons. The summed E-state index contributed by atoms with van der Waals surface area (Å²) in [5.74, 6) is 1.86. The molecule has 0 saturated carbocycles. The number of benzene rings is 1. The van der Waals surface area contributed by atoms with Crippen LogP contribution in [-0.4, -0.2) is 17.0 Å². The molecule has 1 N–H and O–H groups in total. The molecule has 1 aliphatic carbocycles. The predicted molar refractivity (Wildman–Crippen MR) is 83.1 cm³/mol. The lowest BCUT2D eigenvalue weighted by molar-refractivity contribution is 0.665. The number of nitrogens with one attached hydrogen (secondary N) is 1. The smallest absolute Gasteiger partial charge is 0.162 e. The number of hydrogen-bond donors (Lipinski definition) is 1. The zero-order chi connectivity index (χ0) is 14.1. The van der Waals surface area contributed by atoms with E-state index in [1.165, 1.54) is 35.2 Å². The highest BCUT2D eigenvalue weighted by Crippen LogP contribution is 2.30. The quantitative estimate of drug-likeness (QED) is 0.902. The monoisotopic (exact) mass is 267 g/mol. The van der Waals surface area contributed by atoms with Gasteiger partial charge in [0.05, 0.1) is 0 Å². The first-order valence-corrected chi connectivity index (χ1v) is 7.35. The van der Waals surface area contributed by atoms with Crippen LogP contribution < -0.4 is 5.32 Å². The standard InChI is InChI=1S/C17H21N3/c1-11-7-6-9-13(12(11)2)17-19-15-10-5-4-8-14(15)16(18-3)20-17/h6-7,9H,4-5,8,10H2,1-3H3,(H,18,19,20). The minimum Gasteiger partial charge on any atom is -0.373 e. The molecular weight excluding hydrogens is 246 g/mol. The maximum absolute atomic E-state index is 4.84. The van der Waals surface area contributed by atoms with Gasteiger partial charge in [-0.15, -0.1) is 0 Å². The van der Waals surface area contributed by atoms with Gasteiger partial charge in [0.25, 0.3) is 0 Å². The van der Waals surface area contributed by atoms with Crippen LogP contribution in [0.2, 0.25) is 0 Å². The van der Waals surface area contributed by atoms with E-state index in [1.54, 1.807) is 0 Å². The number of nitrogens with zero attached hydrogens (tertiary/aromatic N) is 2. The van der Waals surface area contributed by atoms with Crippen LogP contribution in [0.5, 0.6) is 0 Å². The van der Waals surface area contributed by atoms with Crippen LogP contribution in [0.1, 0.15) is 35.2 Å². The average molecular weight is 267 g/mol. The highest BCUT2D eigenvalue weighted by molar-refractivity contribution is 5.64. The highest BCUT2D eigenvalue weighted by atomic mass is 15.0. The Balaban J connectivity index is 2.17. The summed E-state index contributed by atoms with van der Waals surface area (Å²) < 4.78 is 0. The molecule has 0 aliphatic heterocycles. The maximum atomic E-state index is 4.84. The zero-order valence-corrected chi connectivity index (χ0v) is 12.5. The molecule has 0 amide bonds. The lowest BCUT2D eigenvalue weighted by Gasteiger charge is -2.19. The molecule has 0 unspecified atom stereocenters. The van der Waals surface area contributed by atoms with E-state index in [-0.39, 0.29) is 0 Å². The SMILES string of the molecule is CNc1nc(-c2cccc(C)c2C)nc2c1CCCC2. The van der Waals surface area contributed by atoms with Crippen LogP contribution in [0.3, 0.4) is 0 Å². The molecule has 0 atom stereocenters. The molecule has 2 aromatic rings. The Hall–Kier alpha value is -1.90. The van der Waals surface area contributed by atoms with Crippen molar-refractivity contribution in [3.8, 4) is 11.4 Å². The molecule has 3 rings (SSSR count). The van der Waals surface area contributed by atoms with Crippen LogP contribution in [-0.2, 0) is 12.8 Å². The molecule has 1 aromatic carbocycles. The van der Waals surface area contributed by atoms with Crippen LogP contribution in [0.25, 0.3) is 11.4 Å². The largest absolute Gasteiger partial charge is 0.373 e. The maximum Gasteiger partial charge on any atom is 0.162 e. The first kappa shape index (κ1) is 13.1. The minimum absolute atomic E-state index is 0.858. The van der Waals surface area contributed by atoms with Crippen molar-refractivity contribution in [1.29, 1.82) is 0 Å². The van der Waals surface area contributed by atoms with Crippen LogP contribution in [0.4, 0.5) is 5.82 Å². The molecule has 0 saturated heterocycles. The van der Waals surface area contributed by atoms with E-state index in [0.717, 1.165) is 30.0 Å². The van der Waals surface area contributed by atoms with Gasteiger partial charge in [0, 0.05) is 23.9 Å². The van der Waals surface area contributed by atoms with Crippen LogP contribution in [0, 0.1) is 13.8 Å². The topological polar surface area (TPSA) is 37.8 Å². The summed E-state index contributed by atoms with van der Waals surface area (Å²) in [6, 6.07) is 6.34. The Bertz CT molecular complexity index is 630. The van der Waals surface area contributed by atoms with Crippen molar-refractivity contribution in [2.24, 2.45) is 0 Å². The van der Waals surface area contributed by atoms with E-state index in [2.05, 4.69) is 37.4 Å². The average Bonchev–Trinajstić information content (AvgIpc) is 2.49. The molecule has 0 bridgehead atoms. The molecular formula is C17H21N3. The second-order valence-corrected chi connectivity index (χ2v) is 5.53. The van der Waals surface area contributed by atoms with Gasteiger partial charge in [0.2, 0.25) is 0 Å². The Labute approximate surface area is 120 Å². The van der Waals surface area contributed by atoms with Gasteiger partial charge in [-0.25, -0.2) is 9.97 Å². The second kappa shape index (κ2) is 5.23. The third kappa shape index (κ3) is 2.17. The Morgan fingerprint density at radius 3 is 2.65 bits per heavy atom. The van der Waals surface area contributed by atoms with E-state index in [1.807, 2.05) is 7.05 Å². The number of anilines is 1. The Morgan fingerprint density at radius 1 is 1.05 bits per heavy atom. The lowest BCUT2D eigenvalue weighted by Crippen LogP contribution is -2.12. The van der Waals surface area contributed by atoms with Crippen molar-refractivity contribution in [2.45, 2.75) is 39.5 Å². The number of aryl methyl sites for hydroxylation is 2. The van der Waals surface area contributed by atoms with Gasteiger partial charge in [0.15, 0.2) is 5.82 Å². The van der Waals surface area contributed by atoms with E-state index < -0.39 is 0 Å². The first-order chi connectivity index (χ1) is 9.70. The highest BCUT2D eigenvalue weighted by Gasteiger charge is 2.18. The fraction of sp³-hybridized carbons (Fsp3) is 0.412. The zero-order valence-electron chi connectivity index (χ0n) is 12.5. The van der Waals surface area contributed by atoms with Crippen molar-refractivity contribution in [3.05, 3.63) is 40.6 Å². The predicted octanol–water partition coefficient (Wildman–Crippen LogP) is 3.68. The van der Waals surface area contributed by atoms with Crippen LogP contribution in [0.15, 0.2) is 18.2 Å². The lowest BCUT2D eigenvalue weighted by atomic mass is 9.95. The van der Waals surface area contributed by atoms with E-state index in [0.29, 0.717) is 0 Å². The summed E-state index contributed by atoms with van der Waals surface area (Å²) in [7, 11) is 1.95. The van der Waals surface area contributed by atoms with Crippen molar-refractivity contribution in [2.75, 3.05) is 12.4 Å². The summed E-state index contributed by atoms with van der Waals surface area (Å²) in [6.45, 7) is 4.28. The summed E-state index contributed by atoms with van der Waals surface area (Å²) >= 11 is 0. The summed E-state index contributed by atoms with van der Waals surface area (Å²) in [5.41, 5.74) is 6.24. The molecule has 0 fully saturated rings. The van der Waals surface area contributed by atoms with E-state index >= 15 is 0 Å². The van der Waals surface area contributed by atoms with Gasteiger partial charge in [-0.05, 0) is 50.7 Å². The summed E-state index contributed by atoms with van der Waals surface area (Å²) in [6.07, 6.45) is 4.65. The van der Waals surface area contributed by atoms with E-state index in [4.69, 9.17) is 9.97 Å². The second-order valence-electron chi connectivity index (χ2n) is 5.53. The molecule has 3 heteroatoms. The number of hydrogen-bond acceptors (Lipinski definition) is 3. The Morgan fingerprint density at radius 2 is 1.85 bits per heavy atom. The van der Waals surface area contributed by atoms with Crippen molar-refractivity contribution >= 4 is 5.82 Å². The van der Waals surface area contributed by atoms with Gasteiger partial charge in [-0.2, -0.15) is 0 Å². The van der Waals surface area contributed by atoms with Crippen molar-refractivity contribution < 1.29 is 0 Å². The summed E-state index contributed by atoms with van der Waals surface area (Å²) in [5, 5.41) is 3.25. The Kier molecular flexibility index (Phi) is 3.43. The molecule has 0 spiro atoms. The fourth-order valence-electron chi connectivity index (χ4n) is 2.91. The summed E-state index contributed by atoms with van der Waals surface area (Å²) in [4.78, 5) is 9.60. The molecule has 20 heavy (non-hydrogen) atoms. The van der Waals surface area contributed by atoms with Gasteiger partial charge in [-0.1, -0.05) is 18.2 Å². The van der Waals surface area contributed by atoms with Gasteiger partial charge < -0.3 is 5.32 Å². The van der Waals surface area contributed by atoms with Crippen LogP contribution >= 0.6 is 0 Å². The third-order valence-corrected chi connectivity index (χ3v) is 4.27. The fourth-order valence-corrected chi connectivity index (χ4v) is 2.91. The molecule has 3 nitrogen and oxygen atoms in total. The number of aromatic nitrogens is 2. The van der Waals surface area contributed by atoms with E-state index in [9.17, 15) is 0 Å². The number of fused-ring (bicyclic) bond motifs is 1. The van der Waals surface area contributed by atoms with Gasteiger partial charge in [-0.3, -0.25) is 0 Å². The normalized spacial score (nSPS) is 13.9. The molecule has 1 heterocycles. The van der Waals surface area contributed by atoms with Gasteiger partial charge >= 0.3 is 0 Å². The van der Waals surface area contributed by atoms with Gasteiger partial charge in [0.1, 0.15) is 5.82 Å². The minimum atomic E-state index is 0.858. The first-order valence-electron chi connectivity index (χ1n) is 7.35. The van der Waals surface area contributed by atoms with Crippen molar-refractivity contribution in [1.82, 2.24) is 9.97 Å². The third-order valence-electron chi connectivity index (χ3n) is 4.27. The molecule has 0 radical (unpaired) electrons. The number of rotatable bonds is 2. The molecule has 1 aliphatic rings.